The highest BCUT2D eigenvalue weighted by molar-refractivity contribution is 7.90. The molecule has 1 aromatic heterocycles. The highest BCUT2D eigenvalue weighted by Gasteiger charge is 2.66. The first-order valence-corrected chi connectivity index (χ1v) is 18.9. The number of hydrogen-bond donors (Lipinski definition) is 1. The maximum atomic E-state index is 12.5. The predicted octanol–water partition coefficient (Wildman–Crippen LogP) is 1.32. The fourth-order valence-corrected chi connectivity index (χ4v) is 6.61. The summed E-state index contributed by atoms with van der Waals surface area (Å²) < 4.78 is 55.7. The van der Waals surface area contributed by atoms with Crippen LogP contribution in [0.1, 0.15) is 23.6 Å². The number of hydrogen-bond acceptors (Lipinski definition) is 11. The van der Waals surface area contributed by atoms with Crippen LogP contribution in [-0.4, -0.2) is 77.0 Å². The zero-order valence-electron chi connectivity index (χ0n) is 19.9. The summed E-state index contributed by atoms with van der Waals surface area (Å²) in [5.74, 6) is -0.655. The van der Waals surface area contributed by atoms with E-state index in [-0.39, 0.29) is 24.6 Å². The van der Waals surface area contributed by atoms with E-state index in [4.69, 9.17) is 28.2 Å². The Morgan fingerprint density at radius 2 is 1.91 bits per heavy atom. The van der Waals surface area contributed by atoms with Crippen LogP contribution in [0, 0.1) is 0 Å². The largest absolute Gasteiger partial charge is 0.461 e. The van der Waals surface area contributed by atoms with E-state index in [0.29, 0.717) is 0 Å². The third-order valence-corrected chi connectivity index (χ3v) is 7.93. The molecule has 2 aliphatic heterocycles. The van der Waals surface area contributed by atoms with Crippen molar-refractivity contribution in [1.29, 1.82) is 0 Å². The number of rotatable bonds is 8. The van der Waals surface area contributed by atoms with Gasteiger partial charge in [0.15, 0.2) is 34.2 Å². The number of aromatic nitrogens is 3. The lowest BCUT2D eigenvalue weighted by Gasteiger charge is -2.37. The molecule has 3 rings (SSSR count). The molecule has 1 fully saturated rings. The normalized spacial score (nSPS) is 29.4. The van der Waals surface area contributed by atoms with Crippen molar-refractivity contribution in [2.75, 3.05) is 13.2 Å². The maximum absolute atomic E-state index is 12.5. The Labute approximate surface area is 195 Å². The Morgan fingerprint density at radius 1 is 1.24 bits per heavy atom. The Hall–Kier alpha value is -1.63. The van der Waals surface area contributed by atoms with E-state index in [1.54, 1.807) is 6.92 Å². The lowest BCUT2D eigenvalue weighted by molar-refractivity contribution is -0.0597. The molecule has 4 atom stereocenters. The van der Waals surface area contributed by atoms with Gasteiger partial charge in [-0.15, -0.1) is 5.10 Å². The van der Waals surface area contributed by atoms with Crippen LogP contribution in [0.2, 0.25) is 39.3 Å². The van der Waals surface area contributed by atoms with E-state index in [0.717, 1.165) is 5.41 Å². The molecule has 1 saturated heterocycles. The van der Waals surface area contributed by atoms with Crippen LogP contribution in [0.4, 0.5) is 0 Å². The van der Waals surface area contributed by atoms with E-state index < -0.39 is 56.8 Å². The summed E-state index contributed by atoms with van der Waals surface area (Å²) in [7, 11) is -8.48. The van der Waals surface area contributed by atoms with E-state index in [1.165, 1.54) is 10.9 Å². The fourth-order valence-electron chi connectivity index (χ4n) is 3.68. The van der Waals surface area contributed by atoms with Crippen LogP contribution in [0.15, 0.2) is 17.3 Å². The van der Waals surface area contributed by atoms with Crippen LogP contribution >= 0.6 is 0 Å². The van der Waals surface area contributed by atoms with Crippen molar-refractivity contribution < 1.29 is 35.7 Å². The second kappa shape index (κ2) is 8.86. The van der Waals surface area contributed by atoms with Gasteiger partial charge in [-0.3, -0.25) is 0 Å². The monoisotopic (exact) mass is 520 g/mol. The number of esters is 1. The standard InChI is InChI=1S/C18H32N4O8SSi2/c1-8-26-17(23)12-9-20-21-22(12)16-15(29-33(5,6)7)18(13(19)11-31(24,25)30-18)14(28-16)10-27-32(2,3)4/h9,11,14-16H,8,10,19H2,1-7H3/t14-,15+,16-,18?/m1/s1. The highest BCUT2D eigenvalue weighted by atomic mass is 32.2. The Kier molecular flexibility index (Phi) is 6.98. The highest BCUT2D eigenvalue weighted by Crippen LogP contribution is 2.49. The van der Waals surface area contributed by atoms with Gasteiger partial charge < -0.3 is 24.1 Å². The molecule has 15 heteroatoms. The molecule has 0 saturated carbocycles. The lowest BCUT2D eigenvalue weighted by Crippen LogP contribution is -2.57. The molecular formula is C18H32N4O8SSi2. The van der Waals surface area contributed by atoms with Gasteiger partial charge in [-0.1, -0.05) is 5.21 Å². The molecule has 0 aromatic carbocycles. The topological polar surface area (TPSA) is 154 Å². The van der Waals surface area contributed by atoms with Crippen molar-refractivity contribution in [3.05, 3.63) is 23.0 Å². The lowest BCUT2D eigenvalue weighted by atomic mass is 9.89. The first-order valence-electron chi connectivity index (χ1n) is 10.6. The maximum Gasteiger partial charge on any atom is 0.358 e. The Balaban J connectivity index is 2.14. The molecule has 1 spiro atoms. The second-order valence-electron chi connectivity index (χ2n) is 9.82. The summed E-state index contributed by atoms with van der Waals surface area (Å²) >= 11 is 0. The minimum Gasteiger partial charge on any atom is -0.461 e. The first kappa shape index (κ1) is 26.0. The number of nitrogens with two attached hydrogens (primary N) is 1. The Morgan fingerprint density at radius 3 is 2.42 bits per heavy atom. The molecule has 0 bridgehead atoms. The van der Waals surface area contributed by atoms with Crippen molar-refractivity contribution >= 4 is 32.7 Å². The zero-order valence-corrected chi connectivity index (χ0v) is 22.7. The molecule has 0 radical (unpaired) electrons. The average Bonchev–Trinajstić information content (AvgIpc) is 3.28. The summed E-state index contributed by atoms with van der Waals surface area (Å²) in [6, 6.07) is 0. The molecule has 2 N–H and O–H groups in total. The minimum absolute atomic E-state index is 0.00524. The first-order chi connectivity index (χ1) is 15.1. The van der Waals surface area contributed by atoms with E-state index in [1.807, 2.05) is 39.3 Å². The molecule has 1 unspecified atom stereocenters. The van der Waals surface area contributed by atoms with Gasteiger partial charge in [-0.05, 0) is 46.2 Å². The second-order valence-corrected chi connectivity index (χ2v) is 20.2. The summed E-state index contributed by atoms with van der Waals surface area (Å²) in [5.41, 5.74) is 4.55. The van der Waals surface area contributed by atoms with Crippen molar-refractivity contribution in [1.82, 2.24) is 15.0 Å². The van der Waals surface area contributed by atoms with E-state index in [9.17, 15) is 13.2 Å². The van der Waals surface area contributed by atoms with Gasteiger partial charge in [0, 0.05) is 0 Å². The van der Waals surface area contributed by atoms with E-state index >= 15 is 0 Å². The third-order valence-electron chi connectivity index (χ3n) is 4.89. The van der Waals surface area contributed by atoms with Gasteiger partial charge in [0.2, 0.25) is 0 Å². The quantitative estimate of drug-likeness (QED) is 0.300. The number of nitrogens with zero attached hydrogens (tertiary/aromatic N) is 3. The molecule has 1 aromatic rings. The summed E-state index contributed by atoms with van der Waals surface area (Å²) in [4.78, 5) is 12.5. The molecule has 3 heterocycles. The minimum atomic E-state index is -4.10. The zero-order chi connectivity index (χ0) is 24.8. The van der Waals surface area contributed by atoms with Crippen LogP contribution in [0.25, 0.3) is 0 Å². The number of ether oxygens (including phenoxy) is 2. The van der Waals surface area contributed by atoms with Crippen molar-refractivity contribution in [3.8, 4) is 0 Å². The SMILES string of the molecule is CCOC(=O)c1cnnn1[C@@H]1O[C@H](CO[Si](C)(C)C)C2(OS(=O)(=O)C=C2N)[C@H]1O[Si](C)(C)C. The van der Waals surface area contributed by atoms with Gasteiger partial charge in [0.1, 0.15) is 12.2 Å². The molecule has 12 nitrogen and oxygen atoms in total. The molecule has 33 heavy (non-hydrogen) atoms. The molecule has 2 aliphatic rings. The van der Waals surface area contributed by atoms with Crippen molar-refractivity contribution in [3.63, 3.8) is 0 Å². The van der Waals surface area contributed by atoms with Gasteiger partial charge in [0.25, 0.3) is 10.1 Å². The van der Waals surface area contributed by atoms with Crippen molar-refractivity contribution in [2.24, 2.45) is 5.73 Å². The molecule has 0 aliphatic carbocycles. The van der Waals surface area contributed by atoms with Gasteiger partial charge in [0.05, 0.1) is 30.5 Å². The molecular weight excluding hydrogens is 488 g/mol. The molecule has 186 valence electrons. The smallest absolute Gasteiger partial charge is 0.358 e. The van der Waals surface area contributed by atoms with Crippen LogP contribution in [0.5, 0.6) is 0 Å². The number of carbonyl (C=O) groups excluding carboxylic acids is 1. The fraction of sp³-hybridized carbons (Fsp3) is 0.722. The number of carbonyl (C=O) groups is 1. The van der Waals surface area contributed by atoms with Gasteiger partial charge >= 0.3 is 5.97 Å². The van der Waals surface area contributed by atoms with Crippen LogP contribution in [-0.2, 0) is 32.6 Å². The van der Waals surface area contributed by atoms with Crippen LogP contribution in [0.3, 0.4) is 0 Å². The Bertz CT molecular complexity index is 1030. The van der Waals surface area contributed by atoms with Crippen LogP contribution < -0.4 is 5.73 Å². The summed E-state index contributed by atoms with van der Waals surface area (Å²) in [5, 5.41) is 8.72. The van der Waals surface area contributed by atoms with Gasteiger partial charge in [-0.2, -0.15) is 8.42 Å². The van der Waals surface area contributed by atoms with Gasteiger partial charge in [-0.25, -0.2) is 13.7 Å². The predicted molar refractivity (Wildman–Crippen MR) is 122 cm³/mol. The van der Waals surface area contributed by atoms with E-state index in [2.05, 4.69) is 10.3 Å². The summed E-state index contributed by atoms with van der Waals surface area (Å²) in [6.45, 7) is 13.6. The summed E-state index contributed by atoms with van der Waals surface area (Å²) in [6.07, 6.45) is -1.84. The van der Waals surface area contributed by atoms with Crippen molar-refractivity contribution in [2.45, 2.75) is 70.2 Å². The molecule has 0 amide bonds. The third kappa shape index (κ3) is 5.39. The average molecular weight is 521 g/mol.